The number of hydrogen-bond acceptors (Lipinski definition) is 1. The lowest BCUT2D eigenvalue weighted by atomic mass is 9.98. The molecular weight excluding hydrogens is 548 g/mol. The highest BCUT2D eigenvalue weighted by atomic mass is 16.3. The molecule has 0 unspecified atom stereocenters. The van der Waals surface area contributed by atoms with Crippen LogP contribution in [-0.2, 0) is 0 Å². The molecule has 0 aliphatic heterocycles. The number of para-hydroxylation sites is 2. The molecule has 0 saturated carbocycles. The van der Waals surface area contributed by atoms with Crippen LogP contribution in [0.2, 0.25) is 0 Å². The first-order chi connectivity index (χ1) is 22.3. The first kappa shape index (κ1) is 25.4. The van der Waals surface area contributed by atoms with Crippen molar-refractivity contribution in [3.63, 3.8) is 0 Å². The van der Waals surface area contributed by atoms with Crippen molar-refractivity contribution in [3.8, 4) is 39.4 Å². The Morgan fingerprint density at radius 1 is 0.400 bits per heavy atom. The average molecular weight is 577 g/mol. The van der Waals surface area contributed by atoms with Crippen molar-refractivity contribution in [2.45, 2.75) is 0 Å². The fourth-order valence-corrected chi connectivity index (χ4v) is 7.04. The number of phenolic OH excluding ortho intramolecular Hbond substituents is 1. The molecule has 1 N–H and O–H groups in total. The average Bonchev–Trinajstić information content (AvgIpc) is 3.61. The Kier molecular flexibility index (Phi) is 5.66. The molecule has 212 valence electrons. The maximum Gasteiger partial charge on any atom is 0.116 e. The monoisotopic (exact) mass is 576 g/mol. The smallest absolute Gasteiger partial charge is 0.116 e. The van der Waals surface area contributed by atoms with Crippen molar-refractivity contribution in [1.82, 2.24) is 9.13 Å². The number of hydrogen-bond donors (Lipinski definition) is 1. The van der Waals surface area contributed by atoms with Crippen LogP contribution in [0.25, 0.3) is 77.2 Å². The topological polar surface area (TPSA) is 30.1 Å². The zero-order chi connectivity index (χ0) is 29.9. The second-order valence-electron chi connectivity index (χ2n) is 11.5. The van der Waals surface area contributed by atoms with Crippen molar-refractivity contribution in [2.24, 2.45) is 0 Å². The lowest BCUT2D eigenvalue weighted by Gasteiger charge is -2.16. The quantitative estimate of drug-likeness (QED) is 0.222. The number of fused-ring (bicyclic) bond motifs is 7. The van der Waals surface area contributed by atoms with E-state index in [-0.39, 0.29) is 5.75 Å². The van der Waals surface area contributed by atoms with Gasteiger partial charge in [-0.15, -0.1) is 0 Å². The van der Waals surface area contributed by atoms with Gasteiger partial charge in [0, 0.05) is 32.8 Å². The first-order valence-corrected chi connectivity index (χ1v) is 15.3. The summed E-state index contributed by atoms with van der Waals surface area (Å²) in [6.07, 6.45) is 0. The van der Waals surface area contributed by atoms with E-state index in [9.17, 15) is 5.11 Å². The molecule has 0 fully saturated rings. The summed E-state index contributed by atoms with van der Waals surface area (Å²) in [5.74, 6) is 0.266. The standard InChI is InChI=1S/C42H28N2O/c45-32-21-24-38-36(27-32)34-23-25-39-41(42(34)43(38)31-16-8-3-9-17-31)35-18-10-11-19-37(35)44(39)40-26-30(28-12-4-1-5-13-28)20-22-33(40)29-14-6-2-7-15-29/h1-27,45H. The lowest BCUT2D eigenvalue weighted by molar-refractivity contribution is 0.476. The summed E-state index contributed by atoms with van der Waals surface area (Å²) in [7, 11) is 0. The molecule has 0 amide bonds. The molecule has 2 heterocycles. The van der Waals surface area contributed by atoms with Gasteiger partial charge in [-0.05, 0) is 65.2 Å². The second-order valence-corrected chi connectivity index (χ2v) is 11.5. The number of phenols is 1. The largest absolute Gasteiger partial charge is 0.508 e. The van der Waals surface area contributed by atoms with Crippen LogP contribution in [0.5, 0.6) is 5.75 Å². The highest BCUT2D eigenvalue weighted by Gasteiger charge is 2.22. The van der Waals surface area contributed by atoms with Crippen LogP contribution in [0.3, 0.4) is 0 Å². The fraction of sp³-hybridized carbons (Fsp3) is 0. The highest BCUT2D eigenvalue weighted by molar-refractivity contribution is 6.26. The Labute approximate surface area is 260 Å². The van der Waals surface area contributed by atoms with Crippen LogP contribution in [-0.4, -0.2) is 14.2 Å². The van der Waals surface area contributed by atoms with Crippen molar-refractivity contribution in [2.75, 3.05) is 0 Å². The van der Waals surface area contributed by atoms with Crippen LogP contribution in [0, 0.1) is 0 Å². The van der Waals surface area contributed by atoms with E-state index in [4.69, 9.17) is 0 Å². The van der Waals surface area contributed by atoms with Crippen molar-refractivity contribution < 1.29 is 5.11 Å². The predicted molar refractivity (Wildman–Crippen MR) is 188 cm³/mol. The molecule has 3 heteroatoms. The zero-order valence-corrected chi connectivity index (χ0v) is 24.4. The van der Waals surface area contributed by atoms with Gasteiger partial charge in [-0.3, -0.25) is 0 Å². The van der Waals surface area contributed by atoms with Crippen LogP contribution < -0.4 is 0 Å². The van der Waals surface area contributed by atoms with Crippen molar-refractivity contribution in [3.05, 3.63) is 164 Å². The minimum atomic E-state index is 0.266. The van der Waals surface area contributed by atoms with E-state index in [1.807, 2.05) is 12.1 Å². The fourth-order valence-electron chi connectivity index (χ4n) is 7.04. The Morgan fingerprint density at radius 3 is 1.82 bits per heavy atom. The van der Waals surface area contributed by atoms with Crippen LogP contribution in [0.15, 0.2) is 164 Å². The summed E-state index contributed by atoms with van der Waals surface area (Å²) in [4.78, 5) is 0. The van der Waals surface area contributed by atoms with E-state index in [1.165, 1.54) is 33.0 Å². The third-order valence-electron chi connectivity index (χ3n) is 8.99. The molecule has 0 bridgehead atoms. The summed E-state index contributed by atoms with van der Waals surface area (Å²) in [6.45, 7) is 0. The third-order valence-corrected chi connectivity index (χ3v) is 8.99. The normalized spacial score (nSPS) is 11.6. The Bertz CT molecular complexity index is 2520. The molecule has 0 radical (unpaired) electrons. The molecule has 45 heavy (non-hydrogen) atoms. The summed E-state index contributed by atoms with van der Waals surface area (Å²) in [5, 5.41) is 15.1. The molecule has 9 rings (SSSR count). The molecule has 0 saturated heterocycles. The van der Waals surface area contributed by atoms with E-state index >= 15 is 0 Å². The maximum atomic E-state index is 10.6. The minimum Gasteiger partial charge on any atom is -0.508 e. The van der Waals surface area contributed by atoms with E-state index in [1.54, 1.807) is 6.07 Å². The summed E-state index contributed by atoms with van der Waals surface area (Å²) in [6, 6.07) is 57.5. The van der Waals surface area contributed by atoms with Crippen LogP contribution >= 0.6 is 0 Å². The molecule has 2 aromatic heterocycles. The number of benzene rings is 7. The third kappa shape index (κ3) is 3.91. The van der Waals surface area contributed by atoms with Crippen molar-refractivity contribution >= 4 is 43.6 Å². The molecule has 3 nitrogen and oxygen atoms in total. The maximum absolute atomic E-state index is 10.6. The summed E-state index contributed by atoms with van der Waals surface area (Å²) < 4.78 is 4.78. The van der Waals surface area contributed by atoms with Crippen LogP contribution in [0.4, 0.5) is 0 Å². The SMILES string of the molecule is Oc1ccc2c(c1)c1ccc3c(c4ccccc4n3-c3cc(-c4ccccc4)ccc3-c3ccccc3)c1n2-c1ccccc1. The van der Waals surface area contributed by atoms with Gasteiger partial charge in [-0.2, -0.15) is 0 Å². The lowest BCUT2D eigenvalue weighted by Crippen LogP contribution is -1.98. The molecule has 0 spiro atoms. The zero-order valence-electron chi connectivity index (χ0n) is 24.4. The number of aromatic nitrogens is 2. The molecule has 0 aliphatic carbocycles. The predicted octanol–water partition coefficient (Wildman–Crippen LogP) is 10.9. The van der Waals surface area contributed by atoms with Gasteiger partial charge in [-0.1, -0.05) is 115 Å². The molecule has 9 aromatic rings. The molecule has 0 aliphatic rings. The Balaban J connectivity index is 1.46. The molecule has 7 aromatic carbocycles. The van der Waals surface area contributed by atoms with Crippen molar-refractivity contribution in [1.29, 1.82) is 0 Å². The van der Waals surface area contributed by atoms with Gasteiger partial charge in [0.25, 0.3) is 0 Å². The Morgan fingerprint density at radius 2 is 1.04 bits per heavy atom. The minimum absolute atomic E-state index is 0.266. The molecular formula is C42H28N2O. The van der Waals surface area contributed by atoms with Gasteiger partial charge in [-0.25, -0.2) is 0 Å². The second kappa shape index (κ2) is 10.0. The van der Waals surface area contributed by atoms with Gasteiger partial charge >= 0.3 is 0 Å². The highest BCUT2D eigenvalue weighted by Crippen LogP contribution is 2.44. The summed E-state index contributed by atoms with van der Waals surface area (Å²) in [5.41, 5.74) is 11.4. The van der Waals surface area contributed by atoms with E-state index in [2.05, 4.69) is 155 Å². The Hall–Kier alpha value is -6.06. The van der Waals surface area contributed by atoms with Gasteiger partial charge in [0.1, 0.15) is 5.75 Å². The van der Waals surface area contributed by atoms with E-state index in [0.29, 0.717) is 0 Å². The number of aromatic hydroxyl groups is 1. The van der Waals surface area contributed by atoms with E-state index in [0.717, 1.165) is 44.2 Å². The number of rotatable bonds is 4. The van der Waals surface area contributed by atoms with E-state index < -0.39 is 0 Å². The molecule has 0 atom stereocenters. The van der Waals surface area contributed by atoms with Gasteiger partial charge in [0.05, 0.1) is 27.8 Å². The van der Waals surface area contributed by atoms with Gasteiger partial charge in [0.2, 0.25) is 0 Å². The van der Waals surface area contributed by atoms with Gasteiger partial charge < -0.3 is 14.2 Å². The number of nitrogens with zero attached hydrogens (tertiary/aromatic N) is 2. The summed E-state index contributed by atoms with van der Waals surface area (Å²) >= 11 is 0. The van der Waals surface area contributed by atoms with Crippen LogP contribution in [0.1, 0.15) is 0 Å². The first-order valence-electron chi connectivity index (χ1n) is 15.3. The van der Waals surface area contributed by atoms with Gasteiger partial charge in [0.15, 0.2) is 0 Å².